The minimum atomic E-state index is -0.0247. The number of fused-ring (bicyclic) bond motifs is 1. The molecule has 20 heavy (non-hydrogen) atoms. The van der Waals surface area contributed by atoms with E-state index in [1.54, 1.807) is 0 Å². The minimum absolute atomic E-state index is 0.0247. The Balaban J connectivity index is 1.86. The molecule has 0 fully saturated rings. The first-order valence-corrected chi connectivity index (χ1v) is 7.14. The fourth-order valence-electron chi connectivity index (χ4n) is 2.19. The first kappa shape index (κ1) is 13.2. The Morgan fingerprint density at radius 2 is 2.15 bits per heavy atom. The third kappa shape index (κ3) is 2.71. The molecule has 2 aliphatic heterocycles. The maximum atomic E-state index is 12.0. The fraction of sp³-hybridized carbons (Fsp3) is 0.214. The van der Waals surface area contributed by atoms with Crippen molar-refractivity contribution >= 4 is 27.5 Å². The Kier molecular flexibility index (Phi) is 3.50. The highest BCUT2D eigenvalue weighted by Crippen LogP contribution is 2.25. The average Bonchev–Trinajstić information content (AvgIpc) is 2.57. The lowest BCUT2D eigenvalue weighted by molar-refractivity contribution is -0.122. The van der Waals surface area contributed by atoms with E-state index in [4.69, 9.17) is 0 Å². The van der Waals surface area contributed by atoms with Crippen LogP contribution in [0.3, 0.4) is 0 Å². The van der Waals surface area contributed by atoms with Crippen molar-refractivity contribution in [3.05, 3.63) is 52.3 Å². The van der Waals surface area contributed by atoms with Crippen LogP contribution in [0.15, 0.2) is 46.7 Å². The van der Waals surface area contributed by atoms with E-state index in [1.165, 1.54) is 0 Å². The van der Waals surface area contributed by atoms with Crippen LogP contribution in [0, 0.1) is 0 Å². The van der Waals surface area contributed by atoms with Crippen LogP contribution in [-0.2, 0) is 11.3 Å². The van der Waals surface area contributed by atoms with Gasteiger partial charge in [-0.3, -0.25) is 10.2 Å². The van der Waals surface area contributed by atoms with E-state index in [0.717, 1.165) is 21.3 Å². The molecule has 5 nitrogen and oxygen atoms in total. The van der Waals surface area contributed by atoms with Crippen LogP contribution < -0.4 is 10.7 Å². The Hall–Kier alpha value is -1.79. The van der Waals surface area contributed by atoms with Gasteiger partial charge in [0, 0.05) is 29.1 Å². The molecule has 0 aromatic heterocycles. The Morgan fingerprint density at radius 1 is 1.30 bits per heavy atom. The number of hydrogen-bond donors (Lipinski definition) is 2. The monoisotopic (exact) mass is 334 g/mol. The number of carbonyl (C=O) groups excluding carboxylic acids is 1. The van der Waals surface area contributed by atoms with Gasteiger partial charge in [-0.15, -0.1) is 0 Å². The average molecular weight is 335 g/mol. The summed E-state index contributed by atoms with van der Waals surface area (Å²) in [7, 11) is 0. The van der Waals surface area contributed by atoms with Crippen LogP contribution in [0.2, 0.25) is 0 Å². The Bertz CT molecular complexity index is 611. The smallest absolute Gasteiger partial charge is 0.240 e. The largest absolute Gasteiger partial charge is 0.325 e. The number of carbonyl (C=O) groups is 1. The number of hydrazine groups is 2. The molecule has 0 saturated heterocycles. The first-order chi connectivity index (χ1) is 9.61. The predicted octanol–water partition coefficient (Wildman–Crippen LogP) is 2.36. The number of amides is 1. The molecule has 3 rings (SSSR count). The summed E-state index contributed by atoms with van der Waals surface area (Å²) >= 11 is 3.43. The summed E-state index contributed by atoms with van der Waals surface area (Å²) in [5.74, 6) is -0.0247. The van der Waals surface area contributed by atoms with E-state index in [-0.39, 0.29) is 5.91 Å². The number of nitrogens with one attached hydrogen (secondary N) is 2. The molecule has 2 heterocycles. The van der Waals surface area contributed by atoms with Crippen molar-refractivity contribution in [3.8, 4) is 0 Å². The molecule has 0 aliphatic carbocycles. The normalized spacial score (nSPS) is 18.8. The molecule has 0 spiro atoms. The number of benzene rings is 1. The molecule has 1 amide bonds. The summed E-state index contributed by atoms with van der Waals surface area (Å²) in [4.78, 5) is 12.0. The molecular formula is C14H15BrN4O. The summed E-state index contributed by atoms with van der Waals surface area (Å²) in [6, 6.07) is 5.94. The molecule has 1 aromatic rings. The lowest BCUT2D eigenvalue weighted by Gasteiger charge is -2.33. The highest BCUT2D eigenvalue weighted by atomic mass is 79.9. The topological polar surface area (TPSA) is 47.6 Å². The lowest BCUT2D eigenvalue weighted by Crippen LogP contribution is -2.48. The minimum Gasteiger partial charge on any atom is -0.325 e. The van der Waals surface area contributed by atoms with Gasteiger partial charge >= 0.3 is 0 Å². The summed E-state index contributed by atoms with van der Waals surface area (Å²) in [5, 5.41) is 6.73. The number of allylic oxidation sites excluding steroid dienone is 2. The van der Waals surface area contributed by atoms with Crippen LogP contribution >= 0.6 is 15.9 Å². The predicted molar refractivity (Wildman–Crippen MR) is 81.1 cm³/mol. The second-order valence-corrected chi connectivity index (χ2v) is 5.77. The number of nitrogens with zero attached hydrogens (tertiary/aromatic N) is 2. The maximum Gasteiger partial charge on any atom is 0.240 e. The van der Waals surface area contributed by atoms with E-state index < -0.39 is 0 Å². The molecule has 0 atom stereocenters. The van der Waals surface area contributed by atoms with E-state index in [9.17, 15) is 4.79 Å². The van der Waals surface area contributed by atoms with Crippen LogP contribution in [0.1, 0.15) is 12.5 Å². The zero-order valence-corrected chi connectivity index (χ0v) is 12.6. The van der Waals surface area contributed by atoms with Crippen LogP contribution in [0.5, 0.6) is 0 Å². The van der Waals surface area contributed by atoms with Crippen molar-refractivity contribution in [1.29, 1.82) is 0 Å². The molecule has 2 aliphatic rings. The molecule has 2 N–H and O–H groups in total. The Labute approximate surface area is 126 Å². The van der Waals surface area contributed by atoms with Crippen molar-refractivity contribution in [2.24, 2.45) is 0 Å². The molecule has 1 aromatic carbocycles. The molecule has 0 unspecified atom stereocenters. The third-order valence-corrected chi connectivity index (χ3v) is 3.73. The number of rotatable bonds is 1. The van der Waals surface area contributed by atoms with E-state index in [0.29, 0.717) is 13.1 Å². The summed E-state index contributed by atoms with van der Waals surface area (Å²) in [6.45, 7) is 2.98. The summed E-state index contributed by atoms with van der Waals surface area (Å²) < 4.78 is 0.958. The van der Waals surface area contributed by atoms with Gasteiger partial charge in [0.05, 0.1) is 6.54 Å². The van der Waals surface area contributed by atoms with E-state index >= 15 is 0 Å². The van der Waals surface area contributed by atoms with Crippen molar-refractivity contribution in [2.75, 3.05) is 11.9 Å². The standard InChI is InChI=1S/C14H15BrN4O/c1-10-4-5-19(16-7-10)18-8-11-2-3-12(15)6-13(11)17-14(20)9-18/h2-7,16H,8-9H2,1H3,(H,17,20). The molecule has 0 bridgehead atoms. The quantitative estimate of drug-likeness (QED) is 0.827. The number of anilines is 1. The highest BCUT2D eigenvalue weighted by molar-refractivity contribution is 9.10. The number of hydrogen-bond acceptors (Lipinski definition) is 4. The second-order valence-electron chi connectivity index (χ2n) is 4.85. The first-order valence-electron chi connectivity index (χ1n) is 6.35. The summed E-state index contributed by atoms with van der Waals surface area (Å²) in [6.07, 6.45) is 5.83. The van der Waals surface area contributed by atoms with Crippen LogP contribution in [-0.4, -0.2) is 22.6 Å². The molecule has 6 heteroatoms. The molecule has 0 radical (unpaired) electrons. The molecule has 0 saturated carbocycles. The van der Waals surface area contributed by atoms with Crippen LogP contribution in [0.25, 0.3) is 0 Å². The molecular weight excluding hydrogens is 320 g/mol. The molecule has 104 valence electrons. The third-order valence-electron chi connectivity index (χ3n) is 3.23. The van der Waals surface area contributed by atoms with Gasteiger partial charge in [0.2, 0.25) is 5.91 Å². The van der Waals surface area contributed by atoms with Crippen molar-refractivity contribution in [1.82, 2.24) is 15.6 Å². The zero-order valence-electron chi connectivity index (χ0n) is 11.1. The second kappa shape index (κ2) is 5.30. The van der Waals surface area contributed by atoms with E-state index in [2.05, 4.69) is 26.7 Å². The van der Waals surface area contributed by atoms with Crippen LogP contribution in [0.4, 0.5) is 5.69 Å². The van der Waals surface area contributed by atoms with Gasteiger partial charge in [-0.25, -0.2) is 5.12 Å². The Morgan fingerprint density at radius 3 is 2.90 bits per heavy atom. The van der Waals surface area contributed by atoms with Crippen molar-refractivity contribution < 1.29 is 4.79 Å². The van der Waals surface area contributed by atoms with Crippen molar-refractivity contribution in [2.45, 2.75) is 13.5 Å². The van der Waals surface area contributed by atoms with Gasteiger partial charge in [-0.1, -0.05) is 22.0 Å². The number of halogens is 1. The lowest BCUT2D eigenvalue weighted by atomic mass is 10.2. The van der Waals surface area contributed by atoms with Crippen molar-refractivity contribution in [3.63, 3.8) is 0 Å². The van der Waals surface area contributed by atoms with Gasteiger partial charge in [-0.05, 0) is 36.3 Å². The fourth-order valence-corrected chi connectivity index (χ4v) is 2.55. The summed E-state index contributed by atoms with van der Waals surface area (Å²) in [5.41, 5.74) is 6.24. The maximum absolute atomic E-state index is 12.0. The van der Waals surface area contributed by atoms with E-state index in [1.807, 2.05) is 53.7 Å². The van der Waals surface area contributed by atoms with Gasteiger partial charge in [0.25, 0.3) is 0 Å². The van der Waals surface area contributed by atoms with Gasteiger partial charge in [0.15, 0.2) is 0 Å². The van der Waals surface area contributed by atoms with Gasteiger partial charge in [-0.2, -0.15) is 5.01 Å². The highest BCUT2D eigenvalue weighted by Gasteiger charge is 2.23. The SMILES string of the molecule is CC1=CNN(N2CC(=O)Nc3cc(Br)ccc3C2)C=C1. The zero-order chi connectivity index (χ0) is 14.1. The van der Waals surface area contributed by atoms with Gasteiger partial charge < -0.3 is 5.32 Å². The van der Waals surface area contributed by atoms with Gasteiger partial charge in [0.1, 0.15) is 0 Å².